The highest BCUT2D eigenvalue weighted by Crippen LogP contribution is 2.28. The number of aromatic nitrogens is 1. The van der Waals surface area contributed by atoms with Crippen molar-refractivity contribution in [2.45, 2.75) is 13.0 Å². The van der Waals surface area contributed by atoms with E-state index in [1.165, 1.54) is 10.8 Å². The highest BCUT2D eigenvalue weighted by Gasteiger charge is 2.10. The van der Waals surface area contributed by atoms with E-state index in [1.807, 2.05) is 24.3 Å². The van der Waals surface area contributed by atoms with Crippen molar-refractivity contribution in [3.63, 3.8) is 0 Å². The number of aryl methyl sites for hydroxylation is 1. The third kappa shape index (κ3) is 3.53. The first-order chi connectivity index (χ1) is 13.2. The van der Waals surface area contributed by atoms with E-state index < -0.39 is 0 Å². The summed E-state index contributed by atoms with van der Waals surface area (Å²) in [6.45, 7) is 0.578. The number of aromatic hydroxyl groups is 1. The number of phenolic OH excluding ortho intramolecular Hbond substituents is 1. The molecule has 0 radical (unpaired) electrons. The highest BCUT2D eigenvalue weighted by atomic mass is 16.3. The number of rotatable bonds is 5. The number of benzene rings is 3. The van der Waals surface area contributed by atoms with Gasteiger partial charge in [0, 0.05) is 34.8 Å². The second kappa shape index (κ2) is 7.33. The highest BCUT2D eigenvalue weighted by molar-refractivity contribution is 6.08. The lowest BCUT2D eigenvalue weighted by Gasteiger charge is -2.06. The zero-order valence-corrected chi connectivity index (χ0v) is 14.7. The molecule has 134 valence electrons. The van der Waals surface area contributed by atoms with Crippen molar-refractivity contribution in [2.24, 2.45) is 5.10 Å². The topological polar surface area (TPSA) is 66.6 Å². The molecule has 0 saturated heterocycles. The summed E-state index contributed by atoms with van der Waals surface area (Å²) >= 11 is 0. The van der Waals surface area contributed by atoms with E-state index in [0.29, 0.717) is 13.0 Å². The van der Waals surface area contributed by atoms with Crippen molar-refractivity contribution in [2.75, 3.05) is 0 Å². The molecular weight excluding hydrogens is 338 g/mol. The van der Waals surface area contributed by atoms with Gasteiger partial charge in [0.25, 0.3) is 0 Å². The van der Waals surface area contributed by atoms with Gasteiger partial charge in [0.05, 0.1) is 6.21 Å². The molecule has 0 atom stereocenters. The Morgan fingerprint density at radius 2 is 1.52 bits per heavy atom. The van der Waals surface area contributed by atoms with E-state index in [0.717, 1.165) is 16.6 Å². The first-order valence-electron chi connectivity index (χ1n) is 8.79. The number of amides is 1. The molecule has 1 heterocycles. The Morgan fingerprint density at radius 1 is 0.926 bits per heavy atom. The second-order valence-electron chi connectivity index (χ2n) is 6.32. The minimum absolute atomic E-state index is 0.146. The maximum atomic E-state index is 12.2. The Labute approximate surface area is 156 Å². The molecule has 0 saturated carbocycles. The fourth-order valence-electron chi connectivity index (χ4n) is 3.25. The summed E-state index contributed by atoms with van der Waals surface area (Å²) in [4.78, 5) is 12.2. The van der Waals surface area contributed by atoms with Crippen LogP contribution in [0.4, 0.5) is 0 Å². The van der Waals surface area contributed by atoms with Crippen LogP contribution in [-0.4, -0.2) is 21.8 Å². The normalized spacial score (nSPS) is 11.4. The summed E-state index contributed by atoms with van der Waals surface area (Å²) in [5, 5.41) is 15.6. The predicted octanol–water partition coefficient (Wildman–Crippen LogP) is 4.04. The van der Waals surface area contributed by atoms with Gasteiger partial charge in [-0.2, -0.15) is 5.10 Å². The molecule has 0 unspecified atom stereocenters. The number of fused-ring (bicyclic) bond motifs is 3. The molecule has 0 fully saturated rings. The summed E-state index contributed by atoms with van der Waals surface area (Å²) in [5.41, 5.74) is 5.61. The van der Waals surface area contributed by atoms with Gasteiger partial charge in [-0.1, -0.05) is 36.4 Å². The van der Waals surface area contributed by atoms with Crippen LogP contribution in [0.3, 0.4) is 0 Å². The Kier molecular flexibility index (Phi) is 4.58. The fourth-order valence-corrected chi connectivity index (χ4v) is 3.25. The zero-order chi connectivity index (χ0) is 18.6. The standard InChI is InChI=1S/C22H19N3O2/c26-17-11-9-16(10-12-17)15-23-24-22(27)13-14-25-20-7-3-1-5-18(20)19-6-2-4-8-21(19)25/h1-12,15,26H,13-14H2,(H,24,27)/b23-15-. The molecular formula is C22H19N3O2. The van der Waals surface area contributed by atoms with Crippen LogP contribution in [0.25, 0.3) is 21.8 Å². The third-order valence-corrected chi connectivity index (χ3v) is 4.54. The molecule has 2 N–H and O–H groups in total. The van der Waals surface area contributed by atoms with Crippen LogP contribution in [-0.2, 0) is 11.3 Å². The maximum absolute atomic E-state index is 12.2. The van der Waals surface area contributed by atoms with Gasteiger partial charge in [-0.25, -0.2) is 5.43 Å². The monoisotopic (exact) mass is 357 g/mol. The largest absolute Gasteiger partial charge is 0.508 e. The van der Waals surface area contributed by atoms with Gasteiger partial charge in [0.1, 0.15) is 5.75 Å². The second-order valence-corrected chi connectivity index (χ2v) is 6.32. The van der Waals surface area contributed by atoms with Gasteiger partial charge in [0.2, 0.25) is 5.91 Å². The van der Waals surface area contributed by atoms with Crippen molar-refractivity contribution in [1.82, 2.24) is 9.99 Å². The molecule has 0 spiro atoms. The van der Waals surface area contributed by atoms with Crippen molar-refractivity contribution in [3.8, 4) is 5.75 Å². The van der Waals surface area contributed by atoms with Crippen LogP contribution in [0.15, 0.2) is 77.9 Å². The molecule has 27 heavy (non-hydrogen) atoms. The number of hydrogen-bond donors (Lipinski definition) is 2. The van der Waals surface area contributed by atoms with E-state index in [-0.39, 0.29) is 11.7 Å². The minimum Gasteiger partial charge on any atom is -0.508 e. The molecule has 0 bridgehead atoms. The molecule has 5 nitrogen and oxygen atoms in total. The van der Waals surface area contributed by atoms with Gasteiger partial charge < -0.3 is 9.67 Å². The van der Waals surface area contributed by atoms with E-state index in [9.17, 15) is 9.90 Å². The third-order valence-electron chi connectivity index (χ3n) is 4.54. The Bertz CT molecular complexity index is 1070. The average Bonchev–Trinajstić information content (AvgIpc) is 3.02. The first-order valence-corrected chi connectivity index (χ1v) is 8.79. The van der Waals surface area contributed by atoms with E-state index >= 15 is 0 Å². The molecule has 3 aromatic carbocycles. The summed E-state index contributed by atoms with van der Waals surface area (Å²) in [6.07, 6.45) is 1.88. The van der Waals surface area contributed by atoms with Crippen LogP contribution in [0, 0.1) is 0 Å². The molecule has 5 heteroatoms. The Balaban J connectivity index is 1.46. The predicted molar refractivity (Wildman–Crippen MR) is 108 cm³/mol. The summed E-state index contributed by atoms with van der Waals surface area (Å²) < 4.78 is 2.17. The number of carbonyl (C=O) groups is 1. The van der Waals surface area contributed by atoms with Crippen LogP contribution < -0.4 is 5.43 Å². The molecule has 0 aliphatic carbocycles. The van der Waals surface area contributed by atoms with Gasteiger partial charge in [-0.15, -0.1) is 0 Å². The minimum atomic E-state index is -0.146. The number of para-hydroxylation sites is 2. The van der Waals surface area contributed by atoms with Gasteiger partial charge in [0.15, 0.2) is 0 Å². The number of hydrazone groups is 1. The molecule has 4 aromatic rings. The van der Waals surface area contributed by atoms with Gasteiger partial charge in [-0.3, -0.25) is 4.79 Å². The molecule has 0 aliphatic rings. The Morgan fingerprint density at radius 3 is 2.15 bits per heavy atom. The smallest absolute Gasteiger partial charge is 0.241 e. The zero-order valence-electron chi connectivity index (χ0n) is 14.7. The number of carbonyl (C=O) groups excluding carboxylic acids is 1. The quantitative estimate of drug-likeness (QED) is 0.418. The van der Waals surface area contributed by atoms with Crippen LogP contribution in [0.5, 0.6) is 5.75 Å². The lowest BCUT2D eigenvalue weighted by atomic mass is 10.2. The Hall–Kier alpha value is -3.60. The van der Waals surface area contributed by atoms with Crippen molar-refractivity contribution in [1.29, 1.82) is 0 Å². The maximum Gasteiger partial charge on any atom is 0.241 e. The SMILES string of the molecule is O=C(CCn1c2ccccc2c2ccccc21)N/N=C\c1ccc(O)cc1. The fraction of sp³-hybridized carbons (Fsp3) is 0.0909. The number of nitrogens with one attached hydrogen (secondary N) is 1. The van der Waals surface area contributed by atoms with Crippen LogP contribution >= 0.6 is 0 Å². The molecule has 1 amide bonds. The molecule has 4 rings (SSSR count). The lowest BCUT2D eigenvalue weighted by molar-refractivity contribution is -0.121. The van der Waals surface area contributed by atoms with Crippen LogP contribution in [0.1, 0.15) is 12.0 Å². The number of phenols is 1. The number of hydrogen-bond acceptors (Lipinski definition) is 3. The molecule has 1 aromatic heterocycles. The van der Waals surface area contributed by atoms with Gasteiger partial charge in [-0.05, 0) is 42.0 Å². The average molecular weight is 357 g/mol. The number of nitrogens with zero attached hydrogens (tertiary/aromatic N) is 2. The van der Waals surface area contributed by atoms with Crippen molar-refractivity contribution >= 4 is 33.9 Å². The van der Waals surface area contributed by atoms with E-state index in [1.54, 1.807) is 30.5 Å². The van der Waals surface area contributed by atoms with E-state index in [2.05, 4.69) is 39.4 Å². The lowest BCUT2D eigenvalue weighted by Crippen LogP contribution is -2.19. The van der Waals surface area contributed by atoms with Crippen molar-refractivity contribution < 1.29 is 9.90 Å². The van der Waals surface area contributed by atoms with Gasteiger partial charge >= 0.3 is 0 Å². The first kappa shape index (κ1) is 16.8. The van der Waals surface area contributed by atoms with E-state index in [4.69, 9.17) is 0 Å². The summed E-state index contributed by atoms with van der Waals surface area (Å²) in [5.74, 6) is 0.0502. The summed E-state index contributed by atoms with van der Waals surface area (Å²) in [7, 11) is 0. The molecule has 0 aliphatic heterocycles. The van der Waals surface area contributed by atoms with Crippen LogP contribution in [0.2, 0.25) is 0 Å². The van der Waals surface area contributed by atoms with Crippen molar-refractivity contribution in [3.05, 3.63) is 78.4 Å². The summed E-state index contributed by atoms with van der Waals surface area (Å²) in [6, 6.07) is 23.1.